The average Bonchev–Trinajstić information content (AvgIpc) is 2.30. The first kappa shape index (κ1) is 21.2. The van der Waals surface area contributed by atoms with Gasteiger partial charge in [-0.05, 0) is 58.4 Å². The first-order chi connectivity index (χ1) is 10.0. The highest BCUT2D eigenvalue weighted by Gasteiger charge is 2.19. The van der Waals surface area contributed by atoms with E-state index < -0.39 is 5.60 Å². The summed E-state index contributed by atoms with van der Waals surface area (Å²) >= 11 is 0. The van der Waals surface area contributed by atoms with Crippen molar-refractivity contribution in [2.24, 2.45) is 11.8 Å². The Bertz CT molecular complexity index is 299. The van der Waals surface area contributed by atoms with Gasteiger partial charge in [0.05, 0.1) is 0 Å². The van der Waals surface area contributed by atoms with Gasteiger partial charge in [0.25, 0.3) is 0 Å². The predicted molar refractivity (Wildman–Crippen MR) is 94.2 cm³/mol. The molecule has 0 unspecified atom stereocenters. The van der Waals surface area contributed by atoms with E-state index in [0.717, 1.165) is 19.5 Å². The van der Waals surface area contributed by atoms with Crippen LogP contribution in [0.3, 0.4) is 0 Å². The van der Waals surface area contributed by atoms with E-state index in [0.29, 0.717) is 17.9 Å². The fourth-order valence-corrected chi connectivity index (χ4v) is 2.45. The zero-order valence-corrected chi connectivity index (χ0v) is 16.0. The Hall–Kier alpha value is -0.770. The van der Waals surface area contributed by atoms with E-state index in [1.807, 2.05) is 20.8 Å². The predicted octanol–water partition coefficient (Wildman–Crippen LogP) is 4.29. The van der Waals surface area contributed by atoms with E-state index in [9.17, 15) is 4.79 Å². The van der Waals surface area contributed by atoms with Crippen LogP contribution in [-0.2, 0) is 4.74 Å². The summed E-state index contributed by atoms with van der Waals surface area (Å²) < 4.78 is 5.35. The lowest BCUT2D eigenvalue weighted by atomic mass is 9.95. The minimum absolute atomic E-state index is 0.242. The highest BCUT2D eigenvalue weighted by Crippen LogP contribution is 2.13. The maximum atomic E-state index is 11.9. The topological polar surface area (TPSA) is 41.6 Å². The SMILES string of the molecule is CC(C)CC(CC(C)C)NCCCN(C)C(=O)OC(C)(C)C. The van der Waals surface area contributed by atoms with Gasteiger partial charge >= 0.3 is 6.09 Å². The van der Waals surface area contributed by atoms with E-state index in [2.05, 4.69) is 33.0 Å². The van der Waals surface area contributed by atoms with Crippen LogP contribution in [-0.4, -0.2) is 42.8 Å². The largest absolute Gasteiger partial charge is 0.444 e. The monoisotopic (exact) mass is 314 g/mol. The minimum Gasteiger partial charge on any atom is -0.444 e. The number of hydrogen-bond acceptors (Lipinski definition) is 3. The van der Waals surface area contributed by atoms with Gasteiger partial charge in [-0.1, -0.05) is 27.7 Å². The van der Waals surface area contributed by atoms with Gasteiger partial charge < -0.3 is 15.0 Å². The molecule has 0 aliphatic rings. The molecule has 0 fully saturated rings. The Morgan fingerprint density at radius 1 is 1.09 bits per heavy atom. The molecule has 0 aliphatic heterocycles. The van der Waals surface area contributed by atoms with Crippen LogP contribution in [0.15, 0.2) is 0 Å². The number of amides is 1. The van der Waals surface area contributed by atoms with Gasteiger partial charge in [-0.25, -0.2) is 4.79 Å². The van der Waals surface area contributed by atoms with E-state index in [4.69, 9.17) is 4.74 Å². The standard InChI is InChI=1S/C18H38N2O2/c1-14(2)12-16(13-15(3)4)19-10-9-11-20(8)17(21)22-18(5,6)7/h14-16,19H,9-13H2,1-8H3. The van der Waals surface area contributed by atoms with Crippen molar-refractivity contribution in [3.05, 3.63) is 0 Å². The van der Waals surface area contributed by atoms with Crippen molar-refractivity contribution in [1.29, 1.82) is 0 Å². The molecule has 0 bridgehead atoms. The van der Waals surface area contributed by atoms with Crippen LogP contribution in [0.2, 0.25) is 0 Å². The summed E-state index contributed by atoms with van der Waals surface area (Å²) in [5, 5.41) is 3.65. The zero-order chi connectivity index (χ0) is 17.3. The van der Waals surface area contributed by atoms with E-state index >= 15 is 0 Å². The lowest BCUT2D eigenvalue weighted by molar-refractivity contribution is 0.0297. The van der Waals surface area contributed by atoms with E-state index in [1.165, 1.54) is 12.8 Å². The molecule has 0 spiro atoms. The molecule has 0 rings (SSSR count). The third-order valence-electron chi connectivity index (χ3n) is 3.32. The van der Waals surface area contributed by atoms with Crippen LogP contribution >= 0.6 is 0 Å². The van der Waals surface area contributed by atoms with Crippen molar-refractivity contribution < 1.29 is 9.53 Å². The van der Waals surface area contributed by atoms with Gasteiger partial charge in [-0.2, -0.15) is 0 Å². The normalized spacial score (nSPS) is 12.3. The molecule has 4 heteroatoms. The Morgan fingerprint density at radius 2 is 1.59 bits per heavy atom. The summed E-state index contributed by atoms with van der Waals surface area (Å²) in [4.78, 5) is 13.5. The molecule has 0 aromatic rings. The fourth-order valence-electron chi connectivity index (χ4n) is 2.45. The molecule has 0 aromatic carbocycles. The van der Waals surface area contributed by atoms with Gasteiger partial charge in [0.1, 0.15) is 5.60 Å². The third-order valence-corrected chi connectivity index (χ3v) is 3.32. The lowest BCUT2D eigenvalue weighted by Gasteiger charge is -2.25. The highest BCUT2D eigenvalue weighted by atomic mass is 16.6. The second kappa shape index (κ2) is 10.1. The van der Waals surface area contributed by atoms with Crippen molar-refractivity contribution in [3.8, 4) is 0 Å². The summed E-state index contributed by atoms with van der Waals surface area (Å²) in [5.41, 5.74) is -0.427. The molecule has 1 N–H and O–H groups in total. The summed E-state index contributed by atoms with van der Waals surface area (Å²) in [6.07, 6.45) is 3.12. The molecule has 0 saturated heterocycles. The van der Waals surface area contributed by atoms with Gasteiger partial charge in [-0.15, -0.1) is 0 Å². The van der Waals surface area contributed by atoms with Crippen molar-refractivity contribution in [1.82, 2.24) is 10.2 Å². The minimum atomic E-state index is -0.427. The lowest BCUT2D eigenvalue weighted by Crippen LogP contribution is -2.37. The maximum absolute atomic E-state index is 11.9. The molecular formula is C18H38N2O2. The molecule has 0 heterocycles. The molecule has 0 saturated carbocycles. The molecule has 4 nitrogen and oxygen atoms in total. The van der Waals surface area contributed by atoms with Crippen LogP contribution in [0.1, 0.15) is 67.7 Å². The Labute approximate surface area is 138 Å². The van der Waals surface area contributed by atoms with Crippen molar-refractivity contribution in [3.63, 3.8) is 0 Å². The molecule has 0 aliphatic carbocycles. The Kier molecular flexibility index (Phi) is 9.74. The second-order valence-corrected chi connectivity index (χ2v) is 8.17. The van der Waals surface area contributed by atoms with Crippen LogP contribution in [0, 0.1) is 11.8 Å². The first-order valence-electron chi connectivity index (χ1n) is 8.68. The number of carbonyl (C=O) groups excluding carboxylic acids is 1. The molecule has 1 amide bonds. The number of hydrogen-bond donors (Lipinski definition) is 1. The van der Waals surface area contributed by atoms with Crippen LogP contribution < -0.4 is 5.32 Å². The quantitative estimate of drug-likeness (QED) is 0.645. The van der Waals surface area contributed by atoms with E-state index in [1.54, 1.807) is 11.9 Å². The Morgan fingerprint density at radius 3 is 2.00 bits per heavy atom. The summed E-state index contributed by atoms with van der Waals surface area (Å²) in [7, 11) is 1.80. The zero-order valence-electron chi connectivity index (χ0n) is 16.0. The van der Waals surface area contributed by atoms with Crippen molar-refractivity contribution in [2.75, 3.05) is 20.1 Å². The molecule has 22 heavy (non-hydrogen) atoms. The smallest absolute Gasteiger partial charge is 0.410 e. The maximum Gasteiger partial charge on any atom is 0.410 e. The summed E-state index contributed by atoms with van der Waals surface area (Å²) in [6.45, 7) is 16.4. The molecule has 0 atom stereocenters. The highest BCUT2D eigenvalue weighted by molar-refractivity contribution is 5.67. The molecule has 132 valence electrons. The number of nitrogens with one attached hydrogen (secondary N) is 1. The second-order valence-electron chi connectivity index (χ2n) is 8.17. The molecule has 0 radical (unpaired) electrons. The molecular weight excluding hydrogens is 276 g/mol. The van der Waals surface area contributed by atoms with Crippen LogP contribution in [0.4, 0.5) is 4.79 Å². The van der Waals surface area contributed by atoms with Crippen molar-refractivity contribution in [2.45, 2.75) is 79.4 Å². The van der Waals surface area contributed by atoms with Gasteiger partial charge in [-0.3, -0.25) is 0 Å². The number of rotatable bonds is 9. The van der Waals surface area contributed by atoms with Crippen LogP contribution in [0.5, 0.6) is 0 Å². The third kappa shape index (κ3) is 11.8. The van der Waals surface area contributed by atoms with Gasteiger partial charge in [0.2, 0.25) is 0 Å². The van der Waals surface area contributed by atoms with Crippen molar-refractivity contribution >= 4 is 6.09 Å². The summed E-state index contributed by atoms with van der Waals surface area (Å²) in [6, 6.07) is 0.576. The van der Waals surface area contributed by atoms with E-state index in [-0.39, 0.29) is 6.09 Å². The Balaban J connectivity index is 4.03. The molecule has 0 aromatic heterocycles. The van der Waals surface area contributed by atoms with Gasteiger partial charge in [0, 0.05) is 19.6 Å². The van der Waals surface area contributed by atoms with Crippen LogP contribution in [0.25, 0.3) is 0 Å². The number of nitrogens with zero attached hydrogens (tertiary/aromatic N) is 1. The number of ether oxygens (including phenoxy) is 1. The summed E-state index contributed by atoms with van der Waals surface area (Å²) in [5.74, 6) is 1.42. The van der Waals surface area contributed by atoms with Gasteiger partial charge in [0.15, 0.2) is 0 Å². The number of carbonyl (C=O) groups is 1. The fraction of sp³-hybridized carbons (Fsp3) is 0.944. The first-order valence-corrected chi connectivity index (χ1v) is 8.68. The average molecular weight is 315 g/mol.